The van der Waals surface area contributed by atoms with Crippen molar-refractivity contribution in [2.24, 2.45) is 0 Å². The number of hydrogen-bond donors (Lipinski definition) is 2. The lowest BCUT2D eigenvalue weighted by molar-refractivity contribution is -0.148. The van der Waals surface area contributed by atoms with Crippen molar-refractivity contribution in [1.82, 2.24) is 9.58 Å². The van der Waals surface area contributed by atoms with E-state index in [9.17, 15) is 17.8 Å². The third-order valence-corrected chi connectivity index (χ3v) is 7.20. The van der Waals surface area contributed by atoms with E-state index in [2.05, 4.69) is 9.58 Å². The molecule has 0 heterocycles. The Labute approximate surface area is 142 Å². The zero-order valence-corrected chi connectivity index (χ0v) is 15.8. The van der Waals surface area contributed by atoms with Crippen molar-refractivity contribution in [3.8, 4) is 0 Å². The van der Waals surface area contributed by atoms with Gasteiger partial charge >= 0.3 is 5.97 Å². The van der Waals surface area contributed by atoms with E-state index < -0.39 is 35.8 Å². The lowest BCUT2D eigenvalue weighted by Crippen LogP contribution is -2.40. The van der Waals surface area contributed by atoms with E-state index in [0.717, 1.165) is 0 Å². The SMILES string of the molecule is COCP(=O)(N[C@@H](C)C(=O)OC(C)C)NS(=O)(=O)c1ccccc1. The Morgan fingerprint density at radius 2 is 1.79 bits per heavy atom. The lowest BCUT2D eigenvalue weighted by atomic mass is 10.4. The first-order valence-electron chi connectivity index (χ1n) is 7.25. The molecule has 1 unspecified atom stereocenters. The highest BCUT2D eigenvalue weighted by atomic mass is 32.2. The summed E-state index contributed by atoms with van der Waals surface area (Å²) in [7, 11) is -6.53. The Balaban J connectivity index is 2.96. The molecule has 0 saturated heterocycles. The van der Waals surface area contributed by atoms with Crippen molar-refractivity contribution in [3.63, 3.8) is 0 Å². The summed E-state index contributed by atoms with van der Waals surface area (Å²) in [5.74, 6) is -0.639. The van der Waals surface area contributed by atoms with E-state index in [1.54, 1.807) is 32.0 Å². The van der Waals surface area contributed by atoms with Gasteiger partial charge in [0.15, 0.2) is 0 Å². The van der Waals surface area contributed by atoms with E-state index in [-0.39, 0.29) is 11.0 Å². The number of carbonyl (C=O) groups excluding carboxylic acids is 1. The van der Waals surface area contributed by atoms with Gasteiger partial charge in [0.1, 0.15) is 12.4 Å². The lowest BCUT2D eigenvalue weighted by Gasteiger charge is -2.23. The van der Waals surface area contributed by atoms with Gasteiger partial charge in [-0.15, -0.1) is 4.49 Å². The predicted octanol–water partition coefficient (Wildman–Crippen LogP) is 1.69. The fourth-order valence-electron chi connectivity index (χ4n) is 1.82. The summed E-state index contributed by atoms with van der Waals surface area (Å²) in [4.78, 5) is 11.8. The first kappa shape index (κ1) is 20.8. The van der Waals surface area contributed by atoms with Crippen molar-refractivity contribution >= 4 is 23.4 Å². The number of esters is 1. The first-order chi connectivity index (χ1) is 11.1. The van der Waals surface area contributed by atoms with Gasteiger partial charge in [0.25, 0.3) is 0 Å². The van der Waals surface area contributed by atoms with Gasteiger partial charge < -0.3 is 9.47 Å². The van der Waals surface area contributed by atoms with Crippen LogP contribution in [-0.2, 0) is 28.9 Å². The predicted molar refractivity (Wildman–Crippen MR) is 90.1 cm³/mol. The molecule has 0 aromatic heterocycles. The molecular weight excluding hydrogens is 355 g/mol. The molecule has 0 aliphatic heterocycles. The Hall–Kier alpha value is -1.25. The molecule has 24 heavy (non-hydrogen) atoms. The summed E-state index contributed by atoms with van der Waals surface area (Å²) in [6.07, 6.45) is -0.761. The van der Waals surface area contributed by atoms with Gasteiger partial charge in [0, 0.05) is 7.11 Å². The normalized spacial score (nSPS) is 15.7. The van der Waals surface area contributed by atoms with Crippen molar-refractivity contribution < 1.29 is 27.3 Å². The van der Waals surface area contributed by atoms with Crippen LogP contribution in [0.5, 0.6) is 0 Å². The van der Waals surface area contributed by atoms with Gasteiger partial charge in [-0.2, -0.15) is 0 Å². The number of carbonyl (C=O) groups is 1. The molecule has 2 N–H and O–H groups in total. The van der Waals surface area contributed by atoms with E-state index in [1.807, 2.05) is 0 Å². The Kier molecular flexibility index (Phi) is 7.56. The molecule has 8 nitrogen and oxygen atoms in total. The molecule has 0 aliphatic carbocycles. The Morgan fingerprint density at radius 3 is 2.29 bits per heavy atom. The van der Waals surface area contributed by atoms with Crippen LogP contribution in [0.3, 0.4) is 0 Å². The van der Waals surface area contributed by atoms with Gasteiger partial charge in [-0.1, -0.05) is 18.2 Å². The number of nitrogens with one attached hydrogen (secondary N) is 2. The number of sulfonamides is 1. The van der Waals surface area contributed by atoms with E-state index >= 15 is 0 Å². The number of ether oxygens (including phenoxy) is 2. The number of rotatable bonds is 9. The van der Waals surface area contributed by atoms with Gasteiger partial charge in [0.05, 0.1) is 11.0 Å². The molecule has 1 aromatic rings. The minimum Gasteiger partial charge on any atom is -0.462 e. The Bertz CT molecular complexity index is 692. The van der Waals surface area contributed by atoms with Crippen LogP contribution in [0.25, 0.3) is 0 Å². The largest absolute Gasteiger partial charge is 0.462 e. The van der Waals surface area contributed by atoms with Crippen molar-refractivity contribution in [2.75, 3.05) is 13.5 Å². The molecule has 0 amide bonds. The summed E-state index contributed by atoms with van der Waals surface area (Å²) in [5, 5.41) is 2.49. The molecule has 0 saturated carbocycles. The summed E-state index contributed by atoms with van der Waals surface area (Å²) >= 11 is 0. The fraction of sp³-hybridized carbons (Fsp3) is 0.500. The maximum Gasteiger partial charge on any atom is 0.323 e. The zero-order chi connectivity index (χ0) is 18.4. The van der Waals surface area contributed by atoms with Crippen LogP contribution in [0.1, 0.15) is 20.8 Å². The van der Waals surface area contributed by atoms with Crippen LogP contribution in [0.15, 0.2) is 35.2 Å². The second-order valence-corrected chi connectivity index (χ2v) is 9.61. The molecule has 0 radical (unpaired) electrons. The first-order valence-corrected chi connectivity index (χ1v) is 10.6. The van der Waals surface area contributed by atoms with Crippen molar-refractivity contribution in [2.45, 2.75) is 37.8 Å². The summed E-state index contributed by atoms with van der Waals surface area (Å²) in [5.41, 5.74) is 0. The maximum absolute atomic E-state index is 12.9. The van der Waals surface area contributed by atoms with Crippen LogP contribution in [0.2, 0.25) is 0 Å². The number of methoxy groups -OCH3 is 1. The van der Waals surface area contributed by atoms with E-state index in [1.165, 1.54) is 26.2 Å². The molecule has 136 valence electrons. The fourth-order valence-corrected chi connectivity index (χ4v) is 5.90. The molecule has 1 rings (SSSR count). The molecule has 0 spiro atoms. The van der Waals surface area contributed by atoms with Crippen LogP contribution in [0.4, 0.5) is 0 Å². The number of hydrogen-bond acceptors (Lipinski definition) is 6. The minimum atomic E-state index is -4.04. The number of benzene rings is 1. The van der Waals surface area contributed by atoms with Crippen LogP contribution in [-0.4, -0.2) is 40.0 Å². The van der Waals surface area contributed by atoms with Crippen molar-refractivity contribution in [1.29, 1.82) is 0 Å². The molecular formula is C14H23N2O6PS. The summed E-state index contributed by atoms with van der Waals surface area (Å²) in [6, 6.07) is 6.52. The van der Waals surface area contributed by atoms with Crippen LogP contribution >= 0.6 is 7.44 Å². The van der Waals surface area contributed by atoms with Gasteiger partial charge in [-0.3, -0.25) is 9.36 Å². The monoisotopic (exact) mass is 378 g/mol. The molecule has 1 aromatic carbocycles. The molecule has 10 heteroatoms. The van der Waals surface area contributed by atoms with Crippen LogP contribution < -0.4 is 9.58 Å². The average Bonchev–Trinajstić information content (AvgIpc) is 2.46. The summed E-state index contributed by atoms with van der Waals surface area (Å²) in [6.45, 7) is 4.79. The third kappa shape index (κ3) is 6.33. The molecule has 0 aliphatic rings. The highest BCUT2D eigenvalue weighted by Gasteiger charge is 2.33. The average molecular weight is 378 g/mol. The highest BCUT2D eigenvalue weighted by molar-refractivity contribution is 7.95. The van der Waals surface area contributed by atoms with Gasteiger partial charge in [-0.25, -0.2) is 13.5 Å². The molecule has 0 fully saturated rings. The van der Waals surface area contributed by atoms with E-state index in [0.29, 0.717) is 0 Å². The third-order valence-electron chi connectivity index (χ3n) is 2.74. The van der Waals surface area contributed by atoms with Crippen LogP contribution in [0, 0.1) is 0 Å². The smallest absolute Gasteiger partial charge is 0.323 e. The minimum absolute atomic E-state index is 0.0412. The topological polar surface area (TPSA) is 111 Å². The Morgan fingerprint density at radius 1 is 1.21 bits per heavy atom. The second kappa shape index (κ2) is 8.73. The van der Waals surface area contributed by atoms with Gasteiger partial charge in [0.2, 0.25) is 17.5 Å². The zero-order valence-electron chi connectivity index (χ0n) is 14.1. The van der Waals surface area contributed by atoms with Gasteiger partial charge in [-0.05, 0) is 32.9 Å². The quantitative estimate of drug-likeness (QED) is 0.497. The standard InChI is InChI=1S/C14H23N2O6PS/c1-11(2)22-14(17)12(3)15-23(18,10-21-4)16-24(19,20)13-8-6-5-7-9-13/h5-9,11-12H,10H2,1-4H3,(H2,15,16,18)/t12-,23?/m0/s1. The second-order valence-electron chi connectivity index (χ2n) is 5.40. The molecule has 2 atom stereocenters. The van der Waals surface area contributed by atoms with E-state index in [4.69, 9.17) is 9.47 Å². The summed E-state index contributed by atoms with van der Waals surface area (Å²) < 4.78 is 49.5. The maximum atomic E-state index is 12.9. The van der Waals surface area contributed by atoms with Crippen molar-refractivity contribution in [3.05, 3.63) is 30.3 Å². The highest BCUT2D eigenvalue weighted by Crippen LogP contribution is 2.38. The molecule has 0 bridgehead atoms.